The Labute approximate surface area is 229 Å². The summed E-state index contributed by atoms with van der Waals surface area (Å²) in [6.45, 7) is 0.263. The van der Waals surface area contributed by atoms with Gasteiger partial charge in [-0.2, -0.15) is 0 Å². The molecule has 39 heavy (non-hydrogen) atoms. The highest BCUT2D eigenvalue weighted by molar-refractivity contribution is 6.02. The number of nitrogen functional groups attached to an aromatic ring is 2. The average molecular weight is 534 g/mol. The first-order valence-corrected chi connectivity index (χ1v) is 13.2. The first-order valence-electron chi connectivity index (χ1n) is 13.2. The summed E-state index contributed by atoms with van der Waals surface area (Å²) in [6.07, 6.45) is 4.87. The zero-order valence-corrected chi connectivity index (χ0v) is 22.6. The highest BCUT2D eigenvalue weighted by atomic mass is 16.2. The Morgan fingerprint density at radius 3 is 1.85 bits per heavy atom. The molecule has 10 heteroatoms. The predicted octanol–water partition coefficient (Wildman–Crippen LogP) is 1.88. The summed E-state index contributed by atoms with van der Waals surface area (Å²) in [7, 11) is 3.20. The van der Waals surface area contributed by atoms with Crippen molar-refractivity contribution in [1.29, 1.82) is 10.8 Å². The van der Waals surface area contributed by atoms with Gasteiger partial charge in [-0.25, -0.2) is 0 Å². The van der Waals surface area contributed by atoms with Crippen molar-refractivity contribution in [3.05, 3.63) is 70.8 Å². The van der Waals surface area contributed by atoms with E-state index < -0.39 is 17.9 Å². The van der Waals surface area contributed by atoms with E-state index in [0.29, 0.717) is 11.1 Å². The summed E-state index contributed by atoms with van der Waals surface area (Å²) < 4.78 is 0. The summed E-state index contributed by atoms with van der Waals surface area (Å²) in [5.41, 5.74) is 13.8. The molecule has 0 radical (unpaired) electrons. The molecule has 10 nitrogen and oxygen atoms in total. The van der Waals surface area contributed by atoms with Crippen LogP contribution in [0.25, 0.3) is 0 Å². The number of amides is 3. The fourth-order valence-corrected chi connectivity index (χ4v) is 4.88. The molecular weight excluding hydrogens is 494 g/mol. The van der Waals surface area contributed by atoms with E-state index >= 15 is 0 Å². The maximum absolute atomic E-state index is 13.6. The number of nitrogens with two attached hydrogens (primary N) is 2. The van der Waals surface area contributed by atoms with Crippen LogP contribution in [-0.2, 0) is 27.3 Å². The van der Waals surface area contributed by atoms with Gasteiger partial charge in [0.2, 0.25) is 17.7 Å². The molecule has 0 bridgehead atoms. The molecule has 1 saturated carbocycles. The number of carbonyl (C=O) groups excluding carboxylic acids is 3. The third-order valence-electron chi connectivity index (χ3n) is 7.19. The van der Waals surface area contributed by atoms with E-state index in [4.69, 9.17) is 22.3 Å². The molecular formula is C29H39N7O3. The van der Waals surface area contributed by atoms with Crippen LogP contribution in [-0.4, -0.2) is 54.4 Å². The fourth-order valence-electron chi connectivity index (χ4n) is 4.88. The molecule has 3 amide bonds. The summed E-state index contributed by atoms with van der Waals surface area (Å²) in [4.78, 5) is 41.4. The van der Waals surface area contributed by atoms with Crippen molar-refractivity contribution in [3.8, 4) is 0 Å². The van der Waals surface area contributed by atoms with Gasteiger partial charge in [0.05, 0.1) is 0 Å². The molecule has 8 N–H and O–H groups in total. The smallest absolute Gasteiger partial charge is 0.243 e. The van der Waals surface area contributed by atoms with Gasteiger partial charge in [-0.1, -0.05) is 67.8 Å². The molecule has 0 aliphatic heterocycles. The van der Waals surface area contributed by atoms with Crippen LogP contribution in [0.4, 0.5) is 0 Å². The van der Waals surface area contributed by atoms with Gasteiger partial charge in [0, 0.05) is 31.8 Å². The van der Waals surface area contributed by atoms with Gasteiger partial charge < -0.3 is 27.0 Å². The quantitative estimate of drug-likeness (QED) is 0.146. The molecule has 2 aromatic carbocycles. The Hall–Kier alpha value is -4.21. The lowest BCUT2D eigenvalue weighted by Crippen LogP contribution is -2.54. The van der Waals surface area contributed by atoms with E-state index in [0.717, 1.165) is 43.2 Å². The Bertz CT molecular complexity index is 1190. The minimum atomic E-state index is -1.01. The van der Waals surface area contributed by atoms with Crippen molar-refractivity contribution in [1.82, 2.24) is 15.5 Å². The number of carbonyl (C=O) groups is 3. The Kier molecular flexibility index (Phi) is 10.2. The van der Waals surface area contributed by atoms with Crippen LogP contribution in [0, 0.1) is 22.7 Å². The Balaban J connectivity index is 1.76. The second kappa shape index (κ2) is 13.5. The molecule has 2 atom stereocenters. The average Bonchev–Trinajstić information content (AvgIpc) is 2.93. The maximum Gasteiger partial charge on any atom is 0.243 e. The van der Waals surface area contributed by atoms with Crippen molar-refractivity contribution in [2.75, 3.05) is 14.1 Å². The third kappa shape index (κ3) is 8.13. The Morgan fingerprint density at radius 2 is 1.36 bits per heavy atom. The number of nitrogens with one attached hydrogen (secondary N) is 4. The molecule has 0 unspecified atom stereocenters. The van der Waals surface area contributed by atoms with Gasteiger partial charge in [0.15, 0.2) is 0 Å². The van der Waals surface area contributed by atoms with Crippen LogP contribution in [0.2, 0.25) is 0 Å². The van der Waals surface area contributed by atoms with E-state index in [2.05, 4.69) is 10.6 Å². The van der Waals surface area contributed by atoms with Crippen LogP contribution in [0.15, 0.2) is 48.5 Å². The molecule has 0 aromatic heterocycles. The van der Waals surface area contributed by atoms with Crippen molar-refractivity contribution < 1.29 is 14.4 Å². The molecule has 208 valence electrons. The zero-order valence-electron chi connectivity index (χ0n) is 22.6. The lowest BCUT2D eigenvalue weighted by molar-refractivity contribution is -0.142. The standard InChI is InChI=1S/C29H39N7O3/c1-36(2)29(39)23(16-18-8-12-21(13-9-18)25(30)31)27(37)35-24(20-6-4-3-5-7-20)28(38)34-17-19-10-14-22(15-11-19)26(32)33/h8-15,20,23-24H,3-7,16-17H2,1-2H3,(H3,30,31)(H3,32,33)(H,34,38)(H,35,37)/t23-,24+/m1/s1. The lowest BCUT2D eigenvalue weighted by atomic mass is 9.83. The van der Waals surface area contributed by atoms with E-state index in [9.17, 15) is 14.4 Å². The van der Waals surface area contributed by atoms with E-state index in [1.165, 1.54) is 4.90 Å². The molecule has 0 spiro atoms. The molecule has 1 aliphatic rings. The van der Waals surface area contributed by atoms with Crippen molar-refractivity contribution in [2.45, 2.75) is 51.1 Å². The lowest BCUT2D eigenvalue weighted by Gasteiger charge is -2.31. The summed E-state index contributed by atoms with van der Waals surface area (Å²) in [5.74, 6) is -2.24. The molecule has 2 aromatic rings. The van der Waals surface area contributed by atoms with Crippen molar-refractivity contribution in [2.24, 2.45) is 23.3 Å². The SMILES string of the molecule is CN(C)C(=O)[C@H](Cc1ccc(C(=N)N)cc1)C(=O)N[C@H](C(=O)NCc1ccc(C(=N)N)cc1)C1CCCCC1. The van der Waals surface area contributed by atoms with Gasteiger partial charge in [-0.3, -0.25) is 25.2 Å². The molecule has 0 saturated heterocycles. The first kappa shape index (κ1) is 29.3. The van der Waals surface area contributed by atoms with Crippen LogP contribution < -0.4 is 22.1 Å². The number of rotatable bonds is 11. The normalized spacial score (nSPS) is 15.0. The topological polar surface area (TPSA) is 178 Å². The maximum atomic E-state index is 13.6. The summed E-state index contributed by atoms with van der Waals surface area (Å²) >= 11 is 0. The highest BCUT2D eigenvalue weighted by Crippen LogP contribution is 2.27. The third-order valence-corrected chi connectivity index (χ3v) is 7.19. The van der Waals surface area contributed by atoms with Crippen LogP contribution in [0.1, 0.15) is 54.4 Å². The van der Waals surface area contributed by atoms with Crippen molar-refractivity contribution >= 4 is 29.4 Å². The van der Waals surface area contributed by atoms with Crippen LogP contribution >= 0.6 is 0 Å². The second-order valence-corrected chi connectivity index (χ2v) is 10.3. The van der Waals surface area contributed by atoms with Crippen LogP contribution in [0.3, 0.4) is 0 Å². The number of amidine groups is 2. The van der Waals surface area contributed by atoms with Crippen LogP contribution in [0.5, 0.6) is 0 Å². The summed E-state index contributed by atoms with van der Waals surface area (Å²) in [5, 5.41) is 21.0. The van der Waals surface area contributed by atoms with E-state index in [1.807, 2.05) is 0 Å². The number of hydrogen-bond acceptors (Lipinski definition) is 5. The van der Waals surface area contributed by atoms with E-state index in [-0.39, 0.29) is 42.4 Å². The van der Waals surface area contributed by atoms with Gasteiger partial charge >= 0.3 is 0 Å². The largest absolute Gasteiger partial charge is 0.384 e. The molecule has 0 heterocycles. The number of hydrogen-bond donors (Lipinski definition) is 6. The van der Waals surface area contributed by atoms with Gasteiger partial charge in [-0.05, 0) is 36.3 Å². The number of nitrogens with zero attached hydrogens (tertiary/aromatic N) is 1. The molecule has 3 rings (SSSR count). The highest BCUT2D eigenvalue weighted by Gasteiger charge is 2.35. The van der Waals surface area contributed by atoms with Crippen molar-refractivity contribution in [3.63, 3.8) is 0 Å². The summed E-state index contributed by atoms with van der Waals surface area (Å²) in [6, 6.07) is 13.2. The number of benzene rings is 2. The van der Waals surface area contributed by atoms with E-state index in [1.54, 1.807) is 62.6 Å². The van der Waals surface area contributed by atoms with Gasteiger partial charge in [0.25, 0.3) is 0 Å². The van der Waals surface area contributed by atoms with Gasteiger partial charge in [-0.15, -0.1) is 0 Å². The second-order valence-electron chi connectivity index (χ2n) is 10.3. The Morgan fingerprint density at radius 1 is 0.846 bits per heavy atom. The first-order chi connectivity index (χ1) is 18.6. The minimum Gasteiger partial charge on any atom is -0.384 e. The zero-order chi connectivity index (χ0) is 28.5. The predicted molar refractivity (Wildman–Crippen MR) is 151 cm³/mol. The minimum absolute atomic E-state index is 0.0206. The van der Waals surface area contributed by atoms with Gasteiger partial charge in [0.1, 0.15) is 23.6 Å². The molecule has 1 aliphatic carbocycles. The molecule has 1 fully saturated rings. The fraction of sp³-hybridized carbons (Fsp3) is 0.414. The monoisotopic (exact) mass is 533 g/mol.